The summed E-state index contributed by atoms with van der Waals surface area (Å²) in [6.45, 7) is 0. The van der Waals surface area contributed by atoms with Crippen molar-refractivity contribution in [3.8, 4) is 5.75 Å². The second kappa shape index (κ2) is 6.89. The number of hydrogen-bond acceptors (Lipinski definition) is 2. The van der Waals surface area contributed by atoms with Crippen LogP contribution in [0.2, 0.25) is 0 Å². The van der Waals surface area contributed by atoms with E-state index in [9.17, 15) is 0 Å². The zero-order valence-electron chi connectivity index (χ0n) is 40.1. The van der Waals surface area contributed by atoms with E-state index in [1.165, 1.54) is 16.8 Å². The van der Waals surface area contributed by atoms with Gasteiger partial charge in [-0.2, -0.15) is 0 Å². The molecule has 326 valence electrons. The Bertz CT molecular complexity index is 7670. The van der Waals surface area contributed by atoms with Crippen molar-refractivity contribution in [2.75, 3.05) is 19.1 Å². The van der Waals surface area contributed by atoms with Crippen LogP contribution in [0.1, 0.15) is 39.3 Å². The first-order valence-corrected chi connectivity index (χ1v) is 28.5. The van der Waals surface area contributed by atoms with Crippen LogP contribution in [0.5, 0.6) is 5.75 Å². The maximum absolute atomic E-state index is 6.08. The third-order valence-corrected chi connectivity index (χ3v) is 27.3. The molecule has 2 nitrogen and oxygen atoms in total. The lowest BCUT2D eigenvalue weighted by atomic mass is 9.44. The predicted octanol–water partition coefficient (Wildman–Crippen LogP) is 19.5. The highest BCUT2D eigenvalue weighted by atomic mass is 16.5. The van der Waals surface area contributed by atoms with Crippen LogP contribution in [-0.2, 0) is 11.0 Å². The molecule has 1 atom stereocenters. The van der Waals surface area contributed by atoms with Gasteiger partial charge < -0.3 is 9.64 Å². The lowest BCUT2D eigenvalue weighted by Crippen LogP contribution is -2.66. The number of fused-ring (bicyclic) bond motifs is 1. The summed E-state index contributed by atoms with van der Waals surface area (Å²) < 4.78 is 6.08. The molecule has 0 saturated heterocycles. The fourth-order valence-corrected chi connectivity index (χ4v) is 27.0. The molecule has 0 amide bonds. The fraction of sp³-hybridized carbons (Fsp3) is 0.0667. The summed E-state index contributed by atoms with van der Waals surface area (Å²) in [5.74, 6) is 0.958. The molecule has 0 N–H and O–H groups in total. The van der Waals surface area contributed by atoms with Gasteiger partial charge in [0, 0.05) is 29.8 Å². The number of methoxy groups -OCH3 is 1. The van der Waals surface area contributed by atoms with Crippen LogP contribution in [0.15, 0.2) is 48.5 Å². The molecule has 5 aliphatic rings. The van der Waals surface area contributed by atoms with Gasteiger partial charge in [0.1, 0.15) is 11.3 Å². The molecule has 2 spiro atoms. The second-order valence-electron chi connectivity index (χ2n) is 27.6. The van der Waals surface area contributed by atoms with Crippen molar-refractivity contribution in [3.63, 3.8) is 0 Å². The Hall–Kier alpha value is -9.50. The van der Waals surface area contributed by atoms with E-state index in [4.69, 9.17) is 4.74 Å². The number of likely N-dealkylation sites (N-methyl/N-ethyl adjacent to an activating group) is 1. The minimum atomic E-state index is -0.544. The molecule has 35 rings (SSSR count). The van der Waals surface area contributed by atoms with Crippen LogP contribution >= 0.6 is 0 Å². The summed E-state index contributed by atoms with van der Waals surface area (Å²) in [6, 6.07) is 19.5. The van der Waals surface area contributed by atoms with Gasteiger partial charge in [-0.3, -0.25) is 0 Å². The monoisotopic (exact) mass is 945 g/mol. The number of ether oxygens (including phenoxy) is 1. The number of nitrogens with zero attached hydrogens (tertiary/aromatic N) is 1. The highest BCUT2D eigenvalue weighted by Crippen LogP contribution is 2.87. The van der Waals surface area contributed by atoms with Gasteiger partial charge in [-0.05, 0) is 331 Å². The van der Waals surface area contributed by atoms with Gasteiger partial charge in [-0.1, -0.05) is 30.3 Å². The number of rotatable bonds is 2. The average molecular weight is 946 g/mol. The van der Waals surface area contributed by atoms with Crippen molar-refractivity contribution >= 4 is 297 Å². The summed E-state index contributed by atoms with van der Waals surface area (Å²) in [5.41, 5.74) is 10.0. The molecule has 0 saturated carbocycles. The molecule has 4 aliphatic carbocycles. The summed E-state index contributed by atoms with van der Waals surface area (Å²) in [4.78, 5) is 3.00. The fourth-order valence-electron chi connectivity index (χ4n) is 27.0. The molecule has 1 unspecified atom stereocenters. The van der Waals surface area contributed by atoms with Crippen LogP contribution in [0.25, 0.3) is 291 Å². The molecule has 0 aromatic heterocycles. The first-order chi connectivity index (χ1) is 38.3. The minimum Gasteiger partial charge on any atom is -0.497 e. The van der Waals surface area contributed by atoms with E-state index in [1.807, 2.05) is 7.11 Å². The molecule has 30 aromatic rings. The average Bonchev–Trinajstić information content (AvgIpc) is 1.72. The normalized spacial score (nSPS) is 22.4. The Kier molecular flexibility index (Phi) is 2.64. The molecular weight excluding hydrogens is 931 g/mol. The maximum Gasteiger partial charge on any atom is 0.118 e. The summed E-state index contributed by atoms with van der Waals surface area (Å²) in [5, 5.41) is 88.7. The van der Waals surface area contributed by atoms with Crippen molar-refractivity contribution in [3.05, 3.63) is 81.9 Å². The summed E-state index contributed by atoms with van der Waals surface area (Å²) >= 11 is 0. The SMILES string of the molecule is COc1ccc(C2c3ccccc3N(C)C34c5c6c7c8c9c%10c(c%11c%12c3c3c5c5c%13c6c6c7c7c9c9c%14c%10c%10c%11c%11c%12c%12c3c3c5c5c%13c%13c6c6c7c9c7c9c%14c%10c%10c%11c%11c%12c3c3c5c5c%13c6c7c6c9c%10c%11c3c56)C824)cc1. The number of anilines is 1. The molecular formula is C75H15NO. The topological polar surface area (TPSA) is 12.5 Å². The highest BCUT2D eigenvalue weighted by Gasteiger charge is 2.75. The smallest absolute Gasteiger partial charge is 0.118 e. The van der Waals surface area contributed by atoms with Gasteiger partial charge in [0.05, 0.1) is 12.5 Å². The lowest BCUT2D eigenvalue weighted by molar-refractivity contribution is 0.270. The molecule has 0 radical (unpaired) electrons. The maximum atomic E-state index is 6.08. The van der Waals surface area contributed by atoms with E-state index < -0.39 is 11.0 Å². The predicted molar refractivity (Wildman–Crippen MR) is 324 cm³/mol. The quantitative estimate of drug-likeness (QED) is 0.160. The standard InChI is InChI=1S/C75H15NO/c1-76-14-6-4-3-5-13(14)69(11-7-9-12(77-2)10-8-11)74-70-61-53-43-33-25-17-15-16-19-23-21(17)29-37-31(23)41-35-27(19)28-20(16)24-22-18(15)26(25)34-40-30(22)38-32(24)42-36(28)46-45(35)57-51(41)59-49(37)55(47(53)39(29)33)63(70)65(59)72-67(57)68-58(46)52(42)60-50(38)56-48(40)54(44(34)43)62(61)71(74)64(56)66(60)73(68)75(72,74)76/h3-10,69H,1-2H3. The summed E-state index contributed by atoms with van der Waals surface area (Å²) in [7, 11) is 4.45. The van der Waals surface area contributed by atoms with Gasteiger partial charge in [0.15, 0.2) is 0 Å². The molecule has 2 heteroatoms. The first-order valence-electron chi connectivity index (χ1n) is 28.5. The largest absolute Gasteiger partial charge is 0.497 e. The number of hydrogen-bond donors (Lipinski definition) is 0. The molecule has 30 aromatic carbocycles. The van der Waals surface area contributed by atoms with Crippen molar-refractivity contribution in [2.45, 2.75) is 16.9 Å². The van der Waals surface area contributed by atoms with Crippen molar-refractivity contribution < 1.29 is 4.74 Å². The second-order valence-corrected chi connectivity index (χ2v) is 27.6. The van der Waals surface area contributed by atoms with Crippen molar-refractivity contribution in [1.82, 2.24) is 0 Å². The Morgan fingerprint density at radius 2 is 0.519 bits per heavy atom. The van der Waals surface area contributed by atoms with Crippen molar-refractivity contribution in [1.29, 1.82) is 0 Å². The third-order valence-electron chi connectivity index (χ3n) is 27.3. The van der Waals surface area contributed by atoms with Crippen LogP contribution in [0.3, 0.4) is 0 Å². The highest BCUT2D eigenvalue weighted by molar-refractivity contribution is 6.82. The first kappa shape index (κ1) is 29.6. The number of para-hydroxylation sites is 1. The Balaban J connectivity index is 1.12. The molecule has 0 fully saturated rings. The molecule has 77 heavy (non-hydrogen) atoms. The lowest BCUT2D eigenvalue weighted by Gasteiger charge is -2.64. The van der Waals surface area contributed by atoms with Gasteiger partial charge in [-0.25, -0.2) is 0 Å². The number of benzene rings is 20. The van der Waals surface area contributed by atoms with Crippen LogP contribution < -0.4 is 9.64 Å². The zero-order valence-corrected chi connectivity index (χ0v) is 40.1. The van der Waals surface area contributed by atoms with Crippen LogP contribution in [0.4, 0.5) is 5.69 Å². The van der Waals surface area contributed by atoms with E-state index in [1.54, 1.807) is 313 Å². The van der Waals surface area contributed by atoms with Crippen LogP contribution in [0, 0.1) is 0 Å². The van der Waals surface area contributed by atoms with E-state index in [2.05, 4.69) is 60.5 Å². The Morgan fingerprint density at radius 3 is 0.779 bits per heavy atom. The van der Waals surface area contributed by atoms with Gasteiger partial charge in [-0.15, -0.1) is 0 Å². The third kappa shape index (κ3) is 1.64. The molecule has 1 aliphatic heterocycles. The molecule has 1 heterocycles. The Labute approximate surface area is 422 Å². The van der Waals surface area contributed by atoms with Crippen molar-refractivity contribution in [2.24, 2.45) is 0 Å². The van der Waals surface area contributed by atoms with E-state index in [0.717, 1.165) is 5.75 Å². The van der Waals surface area contributed by atoms with Crippen LogP contribution in [-0.4, -0.2) is 14.2 Å². The minimum absolute atomic E-state index is 0.0246. The van der Waals surface area contributed by atoms with Gasteiger partial charge in [0.25, 0.3) is 0 Å². The zero-order chi connectivity index (χ0) is 46.3. The van der Waals surface area contributed by atoms with E-state index >= 15 is 0 Å². The van der Waals surface area contributed by atoms with Gasteiger partial charge >= 0.3 is 0 Å². The summed E-state index contributed by atoms with van der Waals surface area (Å²) in [6.07, 6.45) is 0. The van der Waals surface area contributed by atoms with E-state index in [0.29, 0.717) is 0 Å². The molecule has 0 bridgehead atoms. The Morgan fingerprint density at radius 1 is 0.286 bits per heavy atom. The van der Waals surface area contributed by atoms with Gasteiger partial charge in [0.2, 0.25) is 0 Å². The van der Waals surface area contributed by atoms with E-state index in [-0.39, 0.29) is 5.92 Å².